The van der Waals surface area contributed by atoms with Crippen molar-refractivity contribution in [3.05, 3.63) is 30.2 Å². The number of carbonyl (C=O) groups is 1. The van der Waals surface area contributed by atoms with Crippen molar-refractivity contribution in [1.29, 1.82) is 0 Å². The van der Waals surface area contributed by atoms with Gasteiger partial charge in [-0.25, -0.2) is 4.79 Å². The molecule has 0 saturated heterocycles. The average Bonchev–Trinajstić information content (AvgIpc) is 2.98. The maximum atomic E-state index is 12.4. The van der Waals surface area contributed by atoms with Gasteiger partial charge in [0.05, 0.1) is 6.61 Å². The third-order valence-corrected chi connectivity index (χ3v) is 2.70. The summed E-state index contributed by atoms with van der Waals surface area (Å²) in [5, 5.41) is 6.29. The highest BCUT2D eigenvalue weighted by molar-refractivity contribution is 5.74. The first kappa shape index (κ1) is 16.8. The van der Waals surface area contributed by atoms with Gasteiger partial charge in [-0.05, 0) is 38.1 Å². The zero-order valence-corrected chi connectivity index (χ0v) is 12.3. The molecule has 0 spiro atoms. The topological polar surface area (TPSA) is 74.5 Å². The van der Waals surface area contributed by atoms with E-state index in [1.807, 2.05) is 0 Å². The smallest absolute Gasteiger partial charge is 0.470 e. The Labute approximate surface area is 129 Å². The summed E-state index contributed by atoms with van der Waals surface area (Å²) in [5.41, 5.74) is 0.295. The second kappa shape index (κ2) is 6.67. The van der Waals surface area contributed by atoms with Gasteiger partial charge in [-0.1, -0.05) is 0 Å². The highest BCUT2D eigenvalue weighted by Gasteiger charge is 2.38. The molecule has 23 heavy (non-hydrogen) atoms. The number of hydrogen-bond acceptors (Lipinski definition) is 6. The molecule has 0 aliphatic heterocycles. The molecule has 6 nitrogen and oxygen atoms in total. The summed E-state index contributed by atoms with van der Waals surface area (Å²) in [6.07, 6.45) is -5.50. The van der Waals surface area contributed by atoms with Crippen LogP contribution in [-0.2, 0) is 15.7 Å². The predicted molar refractivity (Wildman–Crippen MR) is 71.5 cm³/mol. The Balaban J connectivity index is 2.08. The number of nitrogens with zero attached hydrogens (tertiary/aromatic N) is 2. The Kier molecular flexibility index (Phi) is 4.87. The molecule has 0 N–H and O–H groups in total. The van der Waals surface area contributed by atoms with Gasteiger partial charge in [0.1, 0.15) is 5.75 Å². The standard InChI is InChI=1S/C14H13F3N2O4/c1-3-21-12(20)8(2)22-10-6-4-9(5-7-10)11-18-19-13(23-11)14(15,16)17/h4-8H,3H2,1-2H3. The van der Waals surface area contributed by atoms with Gasteiger partial charge < -0.3 is 13.9 Å². The number of alkyl halides is 3. The molecule has 1 unspecified atom stereocenters. The molecule has 0 bridgehead atoms. The third kappa shape index (κ3) is 4.21. The average molecular weight is 330 g/mol. The molecule has 0 amide bonds. The van der Waals surface area contributed by atoms with Crippen molar-refractivity contribution in [2.45, 2.75) is 26.1 Å². The van der Waals surface area contributed by atoms with Gasteiger partial charge in [0.2, 0.25) is 5.89 Å². The number of carbonyl (C=O) groups excluding carboxylic acids is 1. The van der Waals surface area contributed by atoms with E-state index in [2.05, 4.69) is 14.6 Å². The van der Waals surface area contributed by atoms with Crippen LogP contribution in [0.25, 0.3) is 11.5 Å². The van der Waals surface area contributed by atoms with Gasteiger partial charge in [0.15, 0.2) is 6.10 Å². The molecule has 1 aromatic carbocycles. The van der Waals surface area contributed by atoms with E-state index in [4.69, 9.17) is 9.47 Å². The van der Waals surface area contributed by atoms with E-state index in [9.17, 15) is 18.0 Å². The Hall–Kier alpha value is -2.58. The molecule has 2 aromatic rings. The summed E-state index contributed by atoms with van der Waals surface area (Å²) in [6, 6.07) is 5.84. The first-order valence-electron chi connectivity index (χ1n) is 6.65. The highest BCUT2D eigenvalue weighted by atomic mass is 19.4. The number of aromatic nitrogens is 2. The van der Waals surface area contributed by atoms with Crippen LogP contribution in [0.5, 0.6) is 5.75 Å². The van der Waals surface area contributed by atoms with Gasteiger partial charge in [-0.3, -0.25) is 0 Å². The van der Waals surface area contributed by atoms with E-state index >= 15 is 0 Å². The fourth-order valence-corrected chi connectivity index (χ4v) is 1.64. The predicted octanol–water partition coefficient (Wildman–Crippen LogP) is 3.09. The van der Waals surface area contributed by atoms with Gasteiger partial charge in [-0.2, -0.15) is 13.2 Å². The van der Waals surface area contributed by atoms with Crippen molar-refractivity contribution < 1.29 is 31.9 Å². The molecule has 9 heteroatoms. The number of halogens is 3. The second-order valence-electron chi connectivity index (χ2n) is 4.45. The number of benzene rings is 1. The second-order valence-corrected chi connectivity index (χ2v) is 4.45. The lowest BCUT2D eigenvalue weighted by molar-refractivity contribution is -0.157. The SMILES string of the molecule is CCOC(=O)C(C)Oc1ccc(-c2nnc(C(F)(F)F)o2)cc1. The van der Waals surface area contributed by atoms with Crippen molar-refractivity contribution in [1.82, 2.24) is 10.2 Å². The van der Waals surface area contributed by atoms with Crippen LogP contribution in [0.15, 0.2) is 28.7 Å². The first-order chi connectivity index (χ1) is 10.8. The normalized spacial score (nSPS) is 12.7. The van der Waals surface area contributed by atoms with Crippen LogP contribution >= 0.6 is 0 Å². The molecule has 1 aromatic heterocycles. The lowest BCUT2D eigenvalue weighted by Gasteiger charge is -2.13. The molecule has 0 saturated carbocycles. The number of ether oxygens (including phenoxy) is 2. The Morgan fingerprint density at radius 2 is 1.91 bits per heavy atom. The quantitative estimate of drug-likeness (QED) is 0.784. The maximum absolute atomic E-state index is 12.4. The Morgan fingerprint density at radius 3 is 2.43 bits per heavy atom. The van der Waals surface area contributed by atoms with Crippen LogP contribution in [0.4, 0.5) is 13.2 Å². The van der Waals surface area contributed by atoms with E-state index < -0.39 is 24.1 Å². The van der Waals surface area contributed by atoms with Crippen molar-refractivity contribution in [2.24, 2.45) is 0 Å². The monoisotopic (exact) mass is 330 g/mol. The summed E-state index contributed by atoms with van der Waals surface area (Å²) in [5.74, 6) is -1.83. The Morgan fingerprint density at radius 1 is 1.26 bits per heavy atom. The van der Waals surface area contributed by atoms with E-state index in [0.717, 1.165) is 0 Å². The minimum Gasteiger partial charge on any atom is -0.479 e. The minimum absolute atomic E-state index is 0.240. The van der Waals surface area contributed by atoms with Crippen LogP contribution in [0.3, 0.4) is 0 Å². The molecule has 1 heterocycles. The number of rotatable bonds is 5. The van der Waals surface area contributed by atoms with Gasteiger partial charge in [0, 0.05) is 5.56 Å². The van der Waals surface area contributed by atoms with Gasteiger partial charge in [-0.15, -0.1) is 10.2 Å². The third-order valence-electron chi connectivity index (χ3n) is 2.70. The van der Waals surface area contributed by atoms with Crippen molar-refractivity contribution in [3.8, 4) is 17.2 Å². The minimum atomic E-state index is -4.69. The summed E-state index contributed by atoms with van der Waals surface area (Å²) in [6.45, 7) is 3.45. The summed E-state index contributed by atoms with van der Waals surface area (Å²) in [4.78, 5) is 11.4. The maximum Gasteiger partial charge on any atom is 0.470 e. The van der Waals surface area contributed by atoms with Gasteiger partial charge in [0.25, 0.3) is 0 Å². The molecule has 124 valence electrons. The summed E-state index contributed by atoms with van der Waals surface area (Å²) < 4.78 is 51.9. The fourth-order valence-electron chi connectivity index (χ4n) is 1.64. The zero-order valence-electron chi connectivity index (χ0n) is 12.3. The van der Waals surface area contributed by atoms with Crippen LogP contribution in [0.2, 0.25) is 0 Å². The van der Waals surface area contributed by atoms with Crippen LogP contribution < -0.4 is 4.74 Å². The Bertz CT molecular complexity index is 667. The van der Waals surface area contributed by atoms with Crippen molar-refractivity contribution in [3.63, 3.8) is 0 Å². The molecule has 0 aliphatic carbocycles. The largest absolute Gasteiger partial charge is 0.479 e. The molecule has 0 fully saturated rings. The van der Waals surface area contributed by atoms with Crippen LogP contribution in [0, 0.1) is 0 Å². The molecular formula is C14H13F3N2O4. The fraction of sp³-hybridized carbons (Fsp3) is 0.357. The number of hydrogen-bond donors (Lipinski definition) is 0. The van der Waals surface area contributed by atoms with E-state index in [1.165, 1.54) is 31.2 Å². The van der Waals surface area contributed by atoms with E-state index in [0.29, 0.717) is 11.3 Å². The molecule has 0 radical (unpaired) electrons. The zero-order chi connectivity index (χ0) is 17.0. The van der Waals surface area contributed by atoms with Crippen molar-refractivity contribution >= 4 is 5.97 Å². The summed E-state index contributed by atoms with van der Waals surface area (Å²) in [7, 11) is 0. The van der Waals surface area contributed by atoms with Crippen molar-refractivity contribution in [2.75, 3.05) is 6.61 Å². The number of esters is 1. The van der Waals surface area contributed by atoms with Crippen LogP contribution in [0.1, 0.15) is 19.7 Å². The van der Waals surface area contributed by atoms with Crippen LogP contribution in [-0.4, -0.2) is 28.9 Å². The molecule has 2 rings (SSSR count). The van der Waals surface area contributed by atoms with Gasteiger partial charge >= 0.3 is 18.0 Å². The molecular weight excluding hydrogens is 317 g/mol. The highest BCUT2D eigenvalue weighted by Crippen LogP contribution is 2.30. The summed E-state index contributed by atoms with van der Waals surface area (Å²) >= 11 is 0. The molecule has 0 aliphatic rings. The lowest BCUT2D eigenvalue weighted by Crippen LogP contribution is -2.25. The van der Waals surface area contributed by atoms with E-state index in [-0.39, 0.29) is 12.5 Å². The first-order valence-corrected chi connectivity index (χ1v) is 6.65. The lowest BCUT2D eigenvalue weighted by atomic mass is 10.2. The van der Waals surface area contributed by atoms with E-state index in [1.54, 1.807) is 6.92 Å². The molecule has 1 atom stereocenters.